The van der Waals surface area contributed by atoms with Gasteiger partial charge in [0.15, 0.2) is 0 Å². The molecule has 4 nitrogen and oxygen atoms in total. The maximum absolute atomic E-state index is 11.8. The number of rotatable bonds is 7. The van der Waals surface area contributed by atoms with Gasteiger partial charge in [0.25, 0.3) is 0 Å². The second-order valence-electron chi connectivity index (χ2n) is 7.76. The van der Waals surface area contributed by atoms with E-state index >= 15 is 0 Å². The number of nitrogens with one attached hydrogen (secondary N) is 1. The Morgan fingerprint density at radius 2 is 1.60 bits per heavy atom. The van der Waals surface area contributed by atoms with Gasteiger partial charge in [0.2, 0.25) is 5.91 Å². The molecule has 3 N–H and O–H groups in total. The zero-order valence-corrected chi connectivity index (χ0v) is 14.9. The van der Waals surface area contributed by atoms with Crippen LogP contribution in [0.4, 0.5) is 0 Å². The predicted octanol–water partition coefficient (Wildman–Crippen LogP) is 2.37. The van der Waals surface area contributed by atoms with Crippen molar-refractivity contribution in [3.05, 3.63) is 0 Å². The molecule has 120 valence electrons. The maximum atomic E-state index is 11.8. The van der Waals surface area contributed by atoms with E-state index in [0.29, 0.717) is 12.5 Å². The zero-order chi connectivity index (χ0) is 16.3. The van der Waals surface area contributed by atoms with Gasteiger partial charge in [-0.25, -0.2) is 0 Å². The Bertz CT molecular complexity index is 322. The van der Waals surface area contributed by atoms with E-state index in [9.17, 15) is 4.79 Å². The van der Waals surface area contributed by atoms with E-state index in [1.54, 1.807) is 0 Å². The van der Waals surface area contributed by atoms with Crippen LogP contribution in [0.25, 0.3) is 0 Å². The third kappa shape index (κ3) is 5.41. The van der Waals surface area contributed by atoms with E-state index in [1.807, 2.05) is 20.8 Å². The molecule has 0 aliphatic rings. The number of amides is 1. The molecule has 0 saturated carbocycles. The normalized spacial score (nSPS) is 18.9. The molecular weight excluding hydrogens is 250 g/mol. The largest absolute Gasteiger partial charge is 0.368 e. The Morgan fingerprint density at radius 1 is 1.15 bits per heavy atom. The zero-order valence-electron chi connectivity index (χ0n) is 14.9. The lowest BCUT2D eigenvalue weighted by molar-refractivity contribution is -0.125. The Hall–Kier alpha value is -0.610. The fourth-order valence-corrected chi connectivity index (χ4v) is 2.60. The van der Waals surface area contributed by atoms with Gasteiger partial charge in [-0.15, -0.1) is 0 Å². The molecule has 0 aromatic heterocycles. The molecule has 0 aromatic carbocycles. The van der Waals surface area contributed by atoms with Crippen molar-refractivity contribution < 1.29 is 4.79 Å². The van der Waals surface area contributed by atoms with Crippen LogP contribution in [0.3, 0.4) is 0 Å². The van der Waals surface area contributed by atoms with Crippen LogP contribution in [0, 0.1) is 5.41 Å². The highest BCUT2D eigenvalue weighted by molar-refractivity contribution is 5.84. The minimum Gasteiger partial charge on any atom is -0.368 e. The molecule has 0 spiro atoms. The van der Waals surface area contributed by atoms with E-state index < -0.39 is 5.54 Å². The van der Waals surface area contributed by atoms with Crippen molar-refractivity contribution in [2.24, 2.45) is 11.1 Å². The molecule has 0 aromatic rings. The monoisotopic (exact) mass is 285 g/mol. The first-order valence-electron chi connectivity index (χ1n) is 7.60. The van der Waals surface area contributed by atoms with E-state index in [4.69, 9.17) is 5.73 Å². The molecule has 0 bridgehead atoms. The van der Waals surface area contributed by atoms with Crippen LogP contribution >= 0.6 is 0 Å². The number of carbonyl (C=O) groups is 1. The summed E-state index contributed by atoms with van der Waals surface area (Å²) >= 11 is 0. The van der Waals surface area contributed by atoms with Crippen LogP contribution in [0.2, 0.25) is 0 Å². The van der Waals surface area contributed by atoms with E-state index in [1.165, 1.54) is 0 Å². The summed E-state index contributed by atoms with van der Waals surface area (Å²) in [5, 5.41) is 3.32. The van der Waals surface area contributed by atoms with Gasteiger partial charge in [-0.3, -0.25) is 4.79 Å². The van der Waals surface area contributed by atoms with Gasteiger partial charge in [-0.2, -0.15) is 0 Å². The minimum absolute atomic E-state index is 0.206. The molecule has 0 rings (SSSR count). The van der Waals surface area contributed by atoms with Crippen molar-refractivity contribution in [1.29, 1.82) is 0 Å². The van der Waals surface area contributed by atoms with Crippen LogP contribution in [-0.4, -0.2) is 41.5 Å². The minimum atomic E-state index is -0.667. The average Bonchev–Trinajstić information content (AvgIpc) is 2.24. The van der Waals surface area contributed by atoms with Crippen LogP contribution in [-0.2, 0) is 4.79 Å². The fraction of sp³-hybridized carbons (Fsp3) is 0.938. The highest BCUT2D eigenvalue weighted by Gasteiger charge is 2.36. The Balaban J connectivity index is 4.94. The summed E-state index contributed by atoms with van der Waals surface area (Å²) in [6.45, 7) is 17.1. The van der Waals surface area contributed by atoms with Gasteiger partial charge >= 0.3 is 0 Å². The first-order valence-corrected chi connectivity index (χ1v) is 7.60. The highest BCUT2D eigenvalue weighted by atomic mass is 16.1. The molecule has 0 aliphatic heterocycles. The number of hydrogen-bond acceptors (Lipinski definition) is 3. The van der Waals surface area contributed by atoms with Crippen LogP contribution < -0.4 is 11.1 Å². The first-order chi connectivity index (χ1) is 8.81. The van der Waals surface area contributed by atoms with Crippen molar-refractivity contribution in [3.8, 4) is 0 Å². The van der Waals surface area contributed by atoms with Crippen LogP contribution in [0.1, 0.15) is 61.8 Å². The van der Waals surface area contributed by atoms with Crippen molar-refractivity contribution in [2.75, 3.05) is 7.05 Å². The summed E-state index contributed by atoms with van der Waals surface area (Å²) in [5.74, 6) is -0.283. The van der Waals surface area contributed by atoms with Crippen molar-refractivity contribution in [1.82, 2.24) is 10.2 Å². The third-order valence-electron chi connectivity index (χ3n) is 4.41. The molecule has 0 fully saturated rings. The molecular formula is C16H35N3O. The lowest BCUT2D eigenvalue weighted by atomic mass is 9.84. The molecule has 0 heterocycles. The SMILES string of the molecule is CC(C)NC(C)(CC(C)N(C)C(C)C(C)(C)C)C(N)=O. The summed E-state index contributed by atoms with van der Waals surface area (Å²) in [7, 11) is 2.12. The molecule has 3 atom stereocenters. The topological polar surface area (TPSA) is 58.4 Å². The number of carbonyl (C=O) groups excluding carboxylic acids is 1. The smallest absolute Gasteiger partial charge is 0.237 e. The molecule has 4 heteroatoms. The quantitative estimate of drug-likeness (QED) is 0.755. The molecule has 0 radical (unpaired) electrons. The number of nitrogens with zero attached hydrogens (tertiary/aromatic N) is 1. The van der Waals surface area contributed by atoms with Crippen LogP contribution in [0.5, 0.6) is 0 Å². The van der Waals surface area contributed by atoms with Crippen molar-refractivity contribution >= 4 is 5.91 Å². The Labute approximate surface area is 125 Å². The summed E-state index contributed by atoms with van der Waals surface area (Å²) < 4.78 is 0. The first kappa shape index (κ1) is 19.4. The Kier molecular flexibility index (Phi) is 6.69. The molecule has 3 unspecified atom stereocenters. The van der Waals surface area contributed by atoms with Gasteiger partial charge in [0.1, 0.15) is 0 Å². The van der Waals surface area contributed by atoms with Crippen molar-refractivity contribution in [3.63, 3.8) is 0 Å². The van der Waals surface area contributed by atoms with Gasteiger partial charge in [0.05, 0.1) is 5.54 Å². The number of hydrogen-bond donors (Lipinski definition) is 2. The summed E-state index contributed by atoms with van der Waals surface area (Å²) in [5.41, 5.74) is 5.15. The second kappa shape index (κ2) is 6.90. The molecule has 0 saturated heterocycles. The third-order valence-corrected chi connectivity index (χ3v) is 4.41. The predicted molar refractivity (Wildman–Crippen MR) is 86.6 cm³/mol. The van der Waals surface area contributed by atoms with Gasteiger partial charge in [-0.05, 0) is 53.5 Å². The summed E-state index contributed by atoms with van der Waals surface area (Å²) in [6, 6.07) is 0.923. The summed E-state index contributed by atoms with van der Waals surface area (Å²) in [4.78, 5) is 14.2. The van der Waals surface area contributed by atoms with Gasteiger partial charge in [0, 0.05) is 18.1 Å². The van der Waals surface area contributed by atoms with E-state index in [-0.39, 0.29) is 23.4 Å². The second-order valence-corrected chi connectivity index (χ2v) is 7.76. The van der Waals surface area contributed by atoms with Gasteiger partial charge < -0.3 is 16.0 Å². The maximum Gasteiger partial charge on any atom is 0.237 e. The average molecular weight is 285 g/mol. The lowest BCUT2D eigenvalue weighted by Crippen LogP contribution is -2.59. The van der Waals surface area contributed by atoms with E-state index in [2.05, 4.69) is 51.9 Å². The summed E-state index contributed by atoms with van der Waals surface area (Å²) in [6.07, 6.45) is 0.706. The highest BCUT2D eigenvalue weighted by Crippen LogP contribution is 2.26. The molecule has 0 aliphatic carbocycles. The fourth-order valence-electron chi connectivity index (χ4n) is 2.60. The standard InChI is InChI=1S/C16H35N3O/c1-11(2)18-16(8,14(17)20)10-12(3)19(9)13(4)15(5,6)7/h11-13,18H,10H2,1-9H3,(H2,17,20). The van der Waals surface area contributed by atoms with E-state index in [0.717, 1.165) is 0 Å². The van der Waals surface area contributed by atoms with Crippen molar-refractivity contribution in [2.45, 2.75) is 85.5 Å². The Morgan fingerprint density at radius 3 is 1.90 bits per heavy atom. The van der Waals surface area contributed by atoms with Crippen LogP contribution in [0.15, 0.2) is 0 Å². The number of primary amides is 1. The molecule has 20 heavy (non-hydrogen) atoms. The number of nitrogens with two attached hydrogens (primary N) is 1. The van der Waals surface area contributed by atoms with Gasteiger partial charge in [-0.1, -0.05) is 20.8 Å². The molecule has 1 amide bonds. The lowest BCUT2D eigenvalue weighted by Gasteiger charge is -2.42.